The van der Waals surface area contributed by atoms with Gasteiger partial charge in [-0.2, -0.15) is 0 Å². The molecule has 2 aromatic rings. The Morgan fingerprint density at radius 2 is 1.55 bits per heavy atom. The van der Waals surface area contributed by atoms with Gasteiger partial charge in [0.1, 0.15) is 0 Å². The summed E-state index contributed by atoms with van der Waals surface area (Å²) >= 11 is 23.8. The summed E-state index contributed by atoms with van der Waals surface area (Å²) in [7, 11) is 0. The number of aliphatic hydroxyl groups is 1. The number of rotatable bonds is 4. The van der Waals surface area contributed by atoms with Gasteiger partial charge in [-0.05, 0) is 36.4 Å². The molecule has 0 radical (unpaired) electrons. The predicted molar refractivity (Wildman–Crippen MR) is 86.4 cm³/mol. The van der Waals surface area contributed by atoms with Crippen LogP contribution in [0.5, 0.6) is 0 Å². The van der Waals surface area contributed by atoms with Crippen LogP contribution in [0.1, 0.15) is 11.7 Å². The van der Waals surface area contributed by atoms with Crippen molar-refractivity contribution in [2.45, 2.75) is 6.10 Å². The van der Waals surface area contributed by atoms with Gasteiger partial charge in [0, 0.05) is 27.2 Å². The van der Waals surface area contributed by atoms with E-state index in [1.807, 2.05) is 0 Å². The van der Waals surface area contributed by atoms with Crippen LogP contribution in [0.15, 0.2) is 36.4 Å². The predicted octanol–water partition coefficient (Wildman–Crippen LogP) is 5.45. The van der Waals surface area contributed by atoms with Crippen molar-refractivity contribution in [3.8, 4) is 0 Å². The van der Waals surface area contributed by atoms with Crippen molar-refractivity contribution in [1.29, 1.82) is 0 Å². The van der Waals surface area contributed by atoms with Crippen molar-refractivity contribution in [2.24, 2.45) is 0 Å². The highest BCUT2D eigenvalue weighted by Crippen LogP contribution is 2.29. The van der Waals surface area contributed by atoms with E-state index < -0.39 is 6.10 Å². The summed E-state index contributed by atoms with van der Waals surface area (Å²) in [5.74, 6) is 0. The third-order valence-electron chi connectivity index (χ3n) is 2.73. The van der Waals surface area contributed by atoms with Crippen molar-refractivity contribution < 1.29 is 5.11 Å². The molecule has 1 unspecified atom stereocenters. The molecule has 0 heterocycles. The summed E-state index contributed by atoms with van der Waals surface area (Å²) in [6.45, 7) is 0.251. The molecule has 0 saturated carbocycles. The van der Waals surface area contributed by atoms with E-state index in [9.17, 15) is 5.11 Å². The Kier molecular flexibility index (Phi) is 5.42. The van der Waals surface area contributed by atoms with E-state index in [1.54, 1.807) is 36.4 Å². The fourth-order valence-corrected chi connectivity index (χ4v) is 2.62. The maximum absolute atomic E-state index is 10.2. The normalized spacial score (nSPS) is 12.2. The molecule has 1 atom stereocenters. The maximum atomic E-state index is 10.2. The Morgan fingerprint density at radius 3 is 2.25 bits per heavy atom. The Bertz CT molecular complexity index is 618. The first-order valence-electron chi connectivity index (χ1n) is 5.79. The maximum Gasteiger partial charge on any atom is 0.0977 e. The van der Waals surface area contributed by atoms with E-state index in [0.717, 1.165) is 0 Å². The van der Waals surface area contributed by atoms with Crippen molar-refractivity contribution >= 4 is 52.1 Å². The first-order valence-corrected chi connectivity index (χ1v) is 7.30. The average molecular weight is 351 g/mol. The van der Waals surface area contributed by atoms with Crippen molar-refractivity contribution in [3.63, 3.8) is 0 Å². The number of aliphatic hydroxyl groups excluding tert-OH is 1. The molecule has 0 saturated heterocycles. The smallest absolute Gasteiger partial charge is 0.0977 e. The van der Waals surface area contributed by atoms with Gasteiger partial charge in [0.25, 0.3) is 0 Å². The highest BCUT2D eigenvalue weighted by molar-refractivity contribution is 6.36. The monoisotopic (exact) mass is 349 g/mol. The summed E-state index contributed by atoms with van der Waals surface area (Å²) < 4.78 is 0. The van der Waals surface area contributed by atoms with E-state index in [1.165, 1.54) is 0 Å². The van der Waals surface area contributed by atoms with Crippen LogP contribution in [0.4, 0.5) is 5.69 Å². The number of hydrogen-bond acceptors (Lipinski definition) is 2. The summed E-state index contributed by atoms with van der Waals surface area (Å²) in [4.78, 5) is 0. The van der Waals surface area contributed by atoms with Gasteiger partial charge in [-0.1, -0.05) is 46.4 Å². The fraction of sp³-hybridized carbons (Fsp3) is 0.143. The third-order valence-corrected chi connectivity index (χ3v) is 3.86. The molecular formula is C14H11Cl4NO. The van der Waals surface area contributed by atoms with Crippen LogP contribution in [-0.2, 0) is 0 Å². The standard InChI is InChI=1S/C14H11Cl4NO/c15-8-1-3-11(17)10(5-8)14(20)7-19-13-4-2-9(16)6-12(13)18/h1-6,14,19-20H,7H2. The van der Waals surface area contributed by atoms with E-state index in [2.05, 4.69) is 5.32 Å². The summed E-state index contributed by atoms with van der Waals surface area (Å²) in [5.41, 5.74) is 1.25. The van der Waals surface area contributed by atoms with E-state index in [-0.39, 0.29) is 6.54 Å². The number of benzene rings is 2. The molecule has 6 heteroatoms. The zero-order valence-corrected chi connectivity index (χ0v) is 13.2. The van der Waals surface area contributed by atoms with Crippen LogP contribution in [0, 0.1) is 0 Å². The highest BCUT2D eigenvalue weighted by Gasteiger charge is 2.12. The first kappa shape index (κ1) is 15.7. The van der Waals surface area contributed by atoms with Crippen molar-refractivity contribution in [2.75, 3.05) is 11.9 Å². The molecule has 0 bridgehead atoms. The number of anilines is 1. The molecule has 0 amide bonds. The molecule has 2 nitrogen and oxygen atoms in total. The minimum atomic E-state index is -0.798. The van der Waals surface area contributed by atoms with Crippen LogP contribution in [0.2, 0.25) is 20.1 Å². The van der Waals surface area contributed by atoms with Crippen molar-refractivity contribution in [3.05, 3.63) is 62.1 Å². The van der Waals surface area contributed by atoms with Gasteiger partial charge in [-0.3, -0.25) is 0 Å². The Labute approximate surface area is 137 Å². The average Bonchev–Trinajstić information content (AvgIpc) is 2.40. The molecule has 106 valence electrons. The van der Waals surface area contributed by atoms with E-state index >= 15 is 0 Å². The second-order valence-corrected chi connectivity index (χ2v) is 5.87. The largest absolute Gasteiger partial charge is 0.387 e. The van der Waals surface area contributed by atoms with Gasteiger partial charge >= 0.3 is 0 Å². The summed E-state index contributed by atoms with van der Waals surface area (Å²) in [6, 6.07) is 10.1. The zero-order chi connectivity index (χ0) is 14.7. The zero-order valence-electron chi connectivity index (χ0n) is 10.2. The van der Waals surface area contributed by atoms with Gasteiger partial charge in [0.05, 0.1) is 16.8 Å². The lowest BCUT2D eigenvalue weighted by molar-refractivity contribution is 0.192. The first-order chi connectivity index (χ1) is 9.47. The second kappa shape index (κ2) is 6.88. The lowest BCUT2D eigenvalue weighted by atomic mass is 10.1. The Morgan fingerprint density at radius 1 is 0.900 bits per heavy atom. The molecule has 2 rings (SSSR count). The van der Waals surface area contributed by atoms with E-state index in [0.29, 0.717) is 31.3 Å². The van der Waals surface area contributed by atoms with Crippen molar-refractivity contribution in [1.82, 2.24) is 0 Å². The number of nitrogens with one attached hydrogen (secondary N) is 1. The Balaban J connectivity index is 2.08. The minimum absolute atomic E-state index is 0.251. The molecule has 20 heavy (non-hydrogen) atoms. The molecule has 2 aromatic carbocycles. The lowest BCUT2D eigenvalue weighted by Gasteiger charge is -2.15. The van der Waals surface area contributed by atoms with Gasteiger partial charge < -0.3 is 10.4 Å². The van der Waals surface area contributed by atoms with Crippen LogP contribution < -0.4 is 5.32 Å². The summed E-state index contributed by atoms with van der Waals surface area (Å²) in [6.07, 6.45) is -0.798. The van der Waals surface area contributed by atoms with Gasteiger partial charge in [0.15, 0.2) is 0 Å². The molecule has 0 aliphatic rings. The molecule has 2 N–H and O–H groups in total. The molecule has 0 aliphatic heterocycles. The van der Waals surface area contributed by atoms with Gasteiger partial charge in [-0.15, -0.1) is 0 Å². The topological polar surface area (TPSA) is 32.3 Å². The lowest BCUT2D eigenvalue weighted by Crippen LogP contribution is -2.12. The van der Waals surface area contributed by atoms with E-state index in [4.69, 9.17) is 46.4 Å². The summed E-state index contributed by atoms with van der Waals surface area (Å²) in [5, 5.41) is 15.2. The second-order valence-electron chi connectivity index (χ2n) is 4.19. The number of hydrogen-bond donors (Lipinski definition) is 2. The quantitative estimate of drug-likeness (QED) is 0.768. The highest BCUT2D eigenvalue weighted by atomic mass is 35.5. The molecular weight excluding hydrogens is 340 g/mol. The molecule has 0 aliphatic carbocycles. The fourth-order valence-electron chi connectivity index (χ4n) is 1.72. The minimum Gasteiger partial charge on any atom is -0.387 e. The van der Waals surface area contributed by atoms with Gasteiger partial charge in [-0.25, -0.2) is 0 Å². The number of halogens is 4. The van der Waals surface area contributed by atoms with Crippen LogP contribution in [0.25, 0.3) is 0 Å². The molecule has 0 fully saturated rings. The SMILES string of the molecule is OC(CNc1ccc(Cl)cc1Cl)c1cc(Cl)ccc1Cl. The molecule has 0 aromatic heterocycles. The van der Waals surface area contributed by atoms with Gasteiger partial charge in [0.2, 0.25) is 0 Å². The van der Waals surface area contributed by atoms with Crippen LogP contribution >= 0.6 is 46.4 Å². The van der Waals surface area contributed by atoms with Crippen LogP contribution in [-0.4, -0.2) is 11.7 Å². The Hall–Kier alpha value is -0.640. The van der Waals surface area contributed by atoms with Crippen LogP contribution in [0.3, 0.4) is 0 Å². The molecule has 0 spiro atoms. The third kappa shape index (κ3) is 3.94.